The Balaban J connectivity index is 1.55. The molecule has 6 heteroatoms. The molecule has 1 unspecified atom stereocenters. The number of thioether (sulfide) groups is 1. The third-order valence-corrected chi connectivity index (χ3v) is 6.81. The maximum absolute atomic E-state index is 13.2. The van der Waals surface area contributed by atoms with Crippen LogP contribution < -0.4 is 5.32 Å². The predicted molar refractivity (Wildman–Crippen MR) is 124 cm³/mol. The first-order valence-electron chi connectivity index (χ1n) is 10.5. The SMILES string of the molecule is O=C(NC1CC1)C(Sc1nc2ccccc2c2nc3ccccc3n12)c1ccccc1. The van der Waals surface area contributed by atoms with E-state index in [2.05, 4.69) is 15.8 Å². The molecule has 0 spiro atoms. The van der Waals surface area contributed by atoms with Crippen molar-refractivity contribution in [1.29, 1.82) is 0 Å². The van der Waals surface area contributed by atoms with Crippen LogP contribution in [0.15, 0.2) is 84.0 Å². The second-order valence-corrected chi connectivity index (χ2v) is 8.93. The quantitative estimate of drug-likeness (QED) is 0.313. The average Bonchev–Trinajstić information content (AvgIpc) is 3.53. The number of nitrogens with one attached hydrogen (secondary N) is 1. The molecule has 31 heavy (non-hydrogen) atoms. The van der Waals surface area contributed by atoms with Gasteiger partial charge in [-0.15, -0.1) is 0 Å². The number of carbonyl (C=O) groups excluding carboxylic acids is 1. The third-order valence-electron chi connectivity index (χ3n) is 5.60. The summed E-state index contributed by atoms with van der Waals surface area (Å²) >= 11 is 1.48. The highest BCUT2D eigenvalue weighted by atomic mass is 32.2. The van der Waals surface area contributed by atoms with Crippen molar-refractivity contribution in [3.8, 4) is 0 Å². The minimum Gasteiger partial charge on any atom is -0.352 e. The summed E-state index contributed by atoms with van der Waals surface area (Å²) in [5.74, 6) is 0.0335. The number of para-hydroxylation sites is 3. The van der Waals surface area contributed by atoms with Crippen LogP contribution in [-0.4, -0.2) is 26.3 Å². The van der Waals surface area contributed by atoms with E-state index in [1.54, 1.807) is 0 Å². The van der Waals surface area contributed by atoms with Gasteiger partial charge in [0.25, 0.3) is 0 Å². The van der Waals surface area contributed by atoms with Crippen LogP contribution in [0.25, 0.3) is 27.6 Å². The van der Waals surface area contributed by atoms with Crippen LogP contribution in [0.5, 0.6) is 0 Å². The number of aromatic nitrogens is 3. The van der Waals surface area contributed by atoms with Gasteiger partial charge in [0.1, 0.15) is 10.9 Å². The van der Waals surface area contributed by atoms with Crippen LogP contribution in [0.1, 0.15) is 23.7 Å². The molecule has 1 atom stereocenters. The lowest BCUT2D eigenvalue weighted by molar-refractivity contribution is -0.120. The molecule has 2 aromatic heterocycles. The van der Waals surface area contributed by atoms with Gasteiger partial charge in [0.05, 0.1) is 16.6 Å². The predicted octanol–water partition coefficient (Wildman–Crippen LogP) is 5.15. The lowest BCUT2D eigenvalue weighted by Gasteiger charge is -2.18. The third kappa shape index (κ3) is 3.33. The Labute approximate surface area is 183 Å². The fourth-order valence-electron chi connectivity index (χ4n) is 3.90. The molecule has 0 radical (unpaired) electrons. The van der Waals surface area contributed by atoms with Crippen molar-refractivity contribution in [2.24, 2.45) is 0 Å². The molecule has 0 saturated heterocycles. The highest BCUT2D eigenvalue weighted by Gasteiger charge is 2.30. The Kier molecular flexibility index (Phi) is 4.39. The van der Waals surface area contributed by atoms with E-state index >= 15 is 0 Å². The Morgan fingerprint density at radius 3 is 2.42 bits per heavy atom. The molecule has 1 saturated carbocycles. The molecule has 1 N–H and O–H groups in total. The number of imidazole rings is 1. The van der Waals surface area contributed by atoms with Gasteiger partial charge in [0.2, 0.25) is 5.91 Å². The van der Waals surface area contributed by atoms with Crippen LogP contribution in [-0.2, 0) is 4.79 Å². The molecule has 0 aliphatic heterocycles. The number of hydrogen-bond acceptors (Lipinski definition) is 4. The summed E-state index contributed by atoms with van der Waals surface area (Å²) in [7, 11) is 0. The number of hydrogen-bond donors (Lipinski definition) is 1. The van der Waals surface area contributed by atoms with Crippen molar-refractivity contribution in [2.75, 3.05) is 0 Å². The van der Waals surface area contributed by atoms with E-state index in [1.807, 2.05) is 72.8 Å². The number of amides is 1. The number of carbonyl (C=O) groups is 1. The summed E-state index contributed by atoms with van der Waals surface area (Å²) in [4.78, 5) is 23.1. The van der Waals surface area contributed by atoms with Crippen LogP contribution in [0.3, 0.4) is 0 Å². The lowest BCUT2D eigenvalue weighted by atomic mass is 10.1. The fourth-order valence-corrected chi connectivity index (χ4v) is 5.02. The van der Waals surface area contributed by atoms with Gasteiger partial charge in [-0.3, -0.25) is 9.20 Å². The molecule has 6 rings (SSSR count). The van der Waals surface area contributed by atoms with Crippen LogP contribution >= 0.6 is 11.8 Å². The van der Waals surface area contributed by atoms with Gasteiger partial charge >= 0.3 is 0 Å². The van der Waals surface area contributed by atoms with E-state index in [1.165, 1.54) is 11.8 Å². The van der Waals surface area contributed by atoms with Crippen molar-refractivity contribution in [3.63, 3.8) is 0 Å². The first-order valence-corrected chi connectivity index (χ1v) is 11.3. The second kappa shape index (κ2) is 7.39. The highest BCUT2D eigenvalue weighted by Crippen LogP contribution is 2.38. The molecule has 152 valence electrons. The van der Waals surface area contributed by atoms with Gasteiger partial charge in [-0.25, -0.2) is 9.97 Å². The van der Waals surface area contributed by atoms with Gasteiger partial charge in [-0.05, 0) is 42.7 Å². The summed E-state index contributed by atoms with van der Waals surface area (Å²) < 4.78 is 2.09. The highest BCUT2D eigenvalue weighted by molar-refractivity contribution is 8.00. The minimum absolute atomic E-state index is 0.0335. The summed E-state index contributed by atoms with van der Waals surface area (Å²) in [5, 5.41) is 4.55. The standard InChI is InChI=1S/C25H20N4OS/c30-24(26-17-14-15-17)22(16-8-2-1-3-9-16)31-25-28-19-11-5-4-10-18(19)23-27-20-12-6-7-13-21(20)29(23)25/h1-13,17,22H,14-15H2,(H,26,30). The molecular weight excluding hydrogens is 404 g/mol. The zero-order valence-electron chi connectivity index (χ0n) is 16.7. The second-order valence-electron chi connectivity index (χ2n) is 7.86. The summed E-state index contributed by atoms with van der Waals surface area (Å²) in [5.41, 5.74) is 4.62. The molecule has 1 aliphatic carbocycles. The summed E-state index contributed by atoms with van der Waals surface area (Å²) in [6.45, 7) is 0. The van der Waals surface area contributed by atoms with Gasteiger partial charge in [-0.2, -0.15) is 0 Å². The smallest absolute Gasteiger partial charge is 0.238 e. The van der Waals surface area contributed by atoms with Crippen molar-refractivity contribution in [2.45, 2.75) is 29.3 Å². The fraction of sp³-hybridized carbons (Fsp3) is 0.160. The Morgan fingerprint density at radius 1 is 0.903 bits per heavy atom. The van der Waals surface area contributed by atoms with Crippen LogP contribution in [0.2, 0.25) is 0 Å². The Bertz CT molecular complexity index is 1430. The minimum atomic E-state index is -0.389. The van der Waals surface area contributed by atoms with Crippen LogP contribution in [0, 0.1) is 0 Å². The molecule has 1 fully saturated rings. The van der Waals surface area contributed by atoms with E-state index in [4.69, 9.17) is 9.97 Å². The topological polar surface area (TPSA) is 59.3 Å². The van der Waals surface area contributed by atoms with E-state index in [9.17, 15) is 4.79 Å². The Morgan fingerprint density at radius 2 is 1.61 bits per heavy atom. The van der Waals surface area contributed by atoms with Crippen LogP contribution in [0.4, 0.5) is 0 Å². The number of fused-ring (bicyclic) bond motifs is 5. The van der Waals surface area contributed by atoms with Crippen molar-refractivity contribution in [1.82, 2.24) is 19.7 Å². The molecule has 2 heterocycles. The molecule has 1 amide bonds. The molecule has 5 nitrogen and oxygen atoms in total. The summed E-state index contributed by atoms with van der Waals surface area (Å²) in [6.07, 6.45) is 2.12. The Hall–Kier alpha value is -3.38. The molecule has 5 aromatic rings. The van der Waals surface area contributed by atoms with Gasteiger partial charge in [0.15, 0.2) is 5.16 Å². The maximum atomic E-state index is 13.2. The average molecular weight is 425 g/mol. The normalized spacial score (nSPS) is 14.8. The number of rotatable bonds is 5. The number of benzene rings is 3. The molecule has 3 aromatic carbocycles. The first kappa shape index (κ1) is 18.4. The van der Waals surface area contributed by atoms with E-state index in [0.29, 0.717) is 6.04 Å². The van der Waals surface area contributed by atoms with E-state index in [-0.39, 0.29) is 11.2 Å². The van der Waals surface area contributed by atoms with Gasteiger partial charge < -0.3 is 5.32 Å². The largest absolute Gasteiger partial charge is 0.352 e. The zero-order chi connectivity index (χ0) is 20.8. The van der Waals surface area contributed by atoms with Gasteiger partial charge in [0, 0.05) is 11.4 Å². The van der Waals surface area contributed by atoms with E-state index < -0.39 is 0 Å². The maximum Gasteiger partial charge on any atom is 0.238 e. The van der Waals surface area contributed by atoms with Crippen molar-refractivity contribution >= 4 is 45.3 Å². The lowest BCUT2D eigenvalue weighted by Crippen LogP contribution is -2.30. The van der Waals surface area contributed by atoms with Gasteiger partial charge in [-0.1, -0.05) is 66.4 Å². The van der Waals surface area contributed by atoms with Crippen molar-refractivity contribution in [3.05, 3.63) is 84.4 Å². The molecule has 1 aliphatic rings. The molecular formula is C25H20N4OS. The number of nitrogens with zero attached hydrogens (tertiary/aromatic N) is 3. The summed E-state index contributed by atoms with van der Waals surface area (Å²) in [6, 6.07) is 26.4. The van der Waals surface area contributed by atoms with Crippen molar-refractivity contribution < 1.29 is 4.79 Å². The monoisotopic (exact) mass is 424 g/mol. The zero-order valence-corrected chi connectivity index (χ0v) is 17.5. The first-order chi connectivity index (χ1) is 15.3. The molecule has 0 bridgehead atoms. The van der Waals surface area contributed by atoms with E-state index in [0.717, 1.165) is 51.1 Å².